The van der Waals surface area contributed by atoms with Gasteiger partial charge < -0.3 is 0 Å². The fraction of sp³-hybridized carbons (Fsp3) is 0.273. The van der Waals surface area contributed by atoms with Gasteiger partial charge in [-0.3, -0.25) is 4.57 Å². The number of aromatic nitrogens is 3. The fourth-order valence-electron chi connectivity index (χ4n) is 2.86. The van der Waals surface area contributed by atoms with Gasteiger partial charge in [0.15, 0.2) is 11.0 Å². The van der Waals surface area contributed by atoms with Crippen molar-refractivity contribution in [1.82, 2.24) is 14.8 Å². The Kier molecular flexibility index (Phi) is 5.89. The van der Waals surface area contributed by atoms with E-state index in [0.29, 0.717) is 22.4 Å². The van der Waals surface area contributed by atoms with Crippen LogP contribution in [0.5, 0.6) is 0 Å². The van der Waals surface area contributed by atoms with E-state index in [0.717, 1.165) is 23.3 Å². The van der Waals surface area contributed by atoms with Crippen LogP contribution in [0.2, 0.25) is 0 Å². The molecule has 0 spiro atoms. The summed E-state index contributed by atoms with van der Waals surface area (Å²) in [7, 11) is 0. The van der Waals surface area contributed by atoms with Gasteiger partial charge in [0.1, 0.15) is 0 Å². The third kappa shape index (κ3) is 4.72. The Morgan fingerprint density at radius 1 is 1.00 bits per heavy atom. The summed E-state index contributed by atoms with van der Waals surface area (Å²) < 4.78 is 41.4. The quantitative estimate of drug-likeness (QED) is 0.349. The van der Waals surface area contributed by atoms with Gasteiger partial charge in [-0.25, -0.2) is 0 Å². The summed E-state index contributed by atoms with van der Waals surface area (Å²) in [5.74, 6) is 1.07. The summed E-state index contributed by atoms with van der Waals surface area (Å²) in [4.78, 5) is 0. The minimum atomic E-state index is -4.42. The van der Waals surface area contributed by atoms with Crippen LogP contribution in [0.15, 0.2) is 66.3 Å². The van der Waals surface area contributed by atoms with Crippen LogP contribution in [0.3, 0.4) is 0 Å². The van der Waals surface area contributed by atoms with E-state index in [2.05, 4.69) is 37.5 Å². The number of halogens is 3. The average Bonchev–Trinajstić information content (AvgIpc) is 3.09. The van der Waals surface area contributed by atoms with Gasteiger partial charge in [-0.15, -0.1) is 16.8 Å². The third-order valence-corrected chi connectivity index (χ3v) is 5.33. The smallest absolute Gasteiger partial charge is 0.270 e. The number of rotatable bonds is 5. The molecule has 0 saturated heterocycles. The minimum Gasteiger partial charge on any atom is -0.270 e. The molecule has 0 N–H and O–H groups in total. The number of alkyl halides is 3. The van der Waals surface area contributed by atoms with Gasteiger partial charge in [-0.05, 0) is 29.2 Å². The van der Waals surface area contributed by atoms with Gasteiger partial charge in [0, 0.05) is 11.3 Å². The molecule has 0 aliphatic rings. The molecule has 2 aromatic carbocycles. The fourth-order valence-corrected chi connectivity index (χ4v) is 3.54. The van der Waals surface area contributed by atoms with Crippen LogP contribution in [0.25, 0.3) is 17.1 Å². The molecule has 1 heterocycles. The highest BCUT2D eigenvalue weighted by Crippen LogP contribution is 2.34. The lowest BCUT2D eigenvalue weighted by molar-refractivity contribution is -0.137. The zero-order chi connectivity index (χ0) is 21.2. The molecular weight excluding hydrogens is 395 g/mol. The van der Waals surface area contributed by atoms with Gasteiger partial charge in [0.05, 0.1) is 11.3 Å². The highest BCUT2D eigenvalue weighted by atomic mass is 32.2. The van der Waals surface area contributed by atoms with E-state index in [9.17, 15) is 13.2 Å². The Morgan fingerprint density at radius 3 is 2.28 bits per heavy atom. The molecule has 0 amide bonds. The Balaban J connectivity index is 2.13. The molecule has 152 valence electrons. The summed E-state index contributed by atoms with van der Waals surface area (Å²) in [6.07, 6.45) is -2.71. The van der Waals surface area contributed by atoms with E-state index in [1.54, 1.807) is 16.7 Å². The van der Waals surface area contributed by atoms with Crippen LogP contribution >= 0.6 is 11.8 Å². The first-order chi connectivity index (χ1) is 13.6. The average molecular weight is 418 g/mol. The van der Waals surface area contributed by atoms with Gasteiger partial charge in [0.2, 0.25) is 0 Å². The number of hydrogen-bond donors (Lipinski definition) is 0. The van der Waals surface area contributed by atoms with Crippen molar-refractivity contribution in [2.75, 3.05) is 5.75 Å². The van der Waals surface area contributed by atoms with Crippen molar-refractivity contribution < 1.29 is 13.2 Å². The molecule has 7 heteroatoms. The molecule has 29 heavy (non-hydrogen) atoms. The third-order valence-electron chi connectivity index (χ3n) is 4.40. The van der Waals surface area contributed by atoms with Crippen molar-refractivity contribution in [3.63, 3.8) is 0 Å². The predicted octanol–water partition coefficient (Wildman–Crippen LogP) is 6.53. The largest absolute Gasteiger partial charge is 0.416 e. The van der Waals surface area contributed by atoms with E-state index < -0.39 is 11.7 Å². The van der Waals surface area contributed by atoms with E-state index in [4.69, 9.17) is 0 Å². The van der Waals surface area contributed by atoms with Crippen LogP contribution in [0.1, 0.15) is 31.9 Å². The van der Waals surface area contributed by atoms with E-state index in [1.165, 1.54) is 17.8 Å². The van der Waals surface area contributed by atoms with Gasteiger partial charge in [0.25, 0.3) is 0 Å². The Bertz CT molecular complexity index is 999. The van der Waals surface area contributed by atoms with Crippen molar-refractivity contribution in [3.8, 4) is 17.1 Å². The zero-order valence-electron chi connectivity index (χ0n) is 16.5. The van der Waals surface area contributed by atoms with Gasteiger partial charge in [-0.1, -0.05) is 68.9 Å². The summed E-state index contributed by atoms with van der Waals surface area (Å²) in [5.41, 5.74) is 1.60. The van der Waals surface area contributed by atoms with Crippen molar-refractivity contribution in [2.45, 2.75) is 37.5 Å². The number of hydrogen-bond acceptors (Lipinski definition) is 3. The molecule has 0 unspecified atom stereocenters. The maximum atomic E-state index is 13.2. The maximum absolute atomic E-state index is 13.2. The molecule has 0 atom stereocenters. The van der Waals surface area contributed by atoms with Crippen molar-refractivity contribution in [1.29, 1.82) is 0 Å². The van der Waals surface area contributed by atoms with Crippen LogP contribution in [-0.2, 0) is 11.6 Å². The van der Waals surface area contributed by atoms with Gasteiger partial charge in [-0.2, -0.15) is 13.2 Å². The maximum Gasteiger partial charge on any atom is 0.416 e. The van der Waals surface area contributed by atoms with Crippen molar-refractivity contribution in [3.05, 3.63) is 72.3 Å². The lowest BCUT2D eigenvalue weighted by Crippen LogP contribution is -2.10. The molecule has 1 aromatic heterocycles. The van der Waals surface area contributed by atoms with Crippen LogP contribution in [0, 0.1) is 0 Å². The number of thioether (sulfide) groups is 1. The van der Waals surface area contributed by atoms with Crippen LogP contribution < -0.4 is 0 Å². The van der Waals surface area contributed by atoms with E-state index >= 15 is 0 Å². The minimum absolute atomic E-state index is 0.00177. The highest BCUT2D eigenvalue weighted by Gasteiger charge is 2.31. The molecule has 0 saturated carbocycles. The first kappa shape index (κ1) is 21.2. The normalized spacial score (nSPS) is 12.2. The van der Waals surface area contributed by atoms with Crippen LogP contribution in [0.4, 0.5) is 13.2 Å². The summed E-state index contributed by atoms with van der Waals surface area (Å²) >= 11 is 1.37. The first-order valence-corrected chi connectivity index (χ1v) is 10.1. The standard InChI is InChI=1S/C22H22F3N3S/c1-5-13-29-20-27-26-19(15-9-11-16(12-10-15)21(2,3)4)28(20)18-8-6-7-17(14-18)22(23,24)25/h5-12,14H,1,13H2,2-4H3. The monoisotopic (exact) mass is 417 g/mol. The Labute approximate surface area is 172 Å². The molecular formula is C22H22F3N3S. The molecule has 3 aromatic rings. The SMILES string of the molecule is C=CCSc1nnc(-c2ccc(C(C)(C)C)cc2)n1-c1cccc(C(F)(F)F)c1. The molecule has 0 fully saturated rings. The van der Waals surface area contributed by atoms with E-state index in [1.807, 2.05) is 24.3 Å². The summed E-state index contributed by atoms with van der Waals surface area (Å²) in [6.45, 7) is 10.1. The van der Waals surface area contributed by atoms with Crippen molar-refractivity contribution >= 4 is 11.8 Å². The lowest BCUT2D eigenvalue weighted by atomic mass is 9.87. The molecule has 0 bridgehead atoms. The topological polar surface area (TPSA) is 30.7 Å². The molecule has 3 nitrogen and oxygen atoms in total. The number of benzene rings is 2. The Morgan fingerprint density at radius 2 is 1.69 bits per heavy atom. The first-order valence-electron chi connectivity index (χ1n) is 9.09. The molecule has 0 radical (unpaired) electrons. The summed E-state index contributed by atoms with van der Waals surface area (Å²) in [6, 6.07) is 13.1. The lowest BCUT2D eigenvalue weighted by Gasteiger charge is -2.19. The number of nitrogens with zero attached hydrogens (tertiary/aromatic N) is 3. The van der Waals surface area contributed by atoms with Crippen molar-refractivity contribution in [2.24, 2.45) is 0 Å². The zero-order valence-corrected chi connectivity index (χ0v) is 17.3. The molecule has 0 aliphatic heterocycles. The second kappa shape index (κ2) is 8.06. The Hall–Kier alpha value is -2.54. The second-order valence-corrected chi connectivity index (χ2v) is 8.60. The predicted molar refractivity (Wildman–Crippen MR) is 111 cm³/mol. The molecule has 3 rings (SSSR count). The second-order valence-electron chi connectivity index (χ2n) is 7.62. The molecule has 0 aliphatic carbocycles. The van der Waals surface area contributed by atoms with Gasteiger partial charge >= 0.3 is 6.18 Å². The summed E-state index contributed by atoms with van der Waals surface area (Å²) in [5, 5.41) is 9.01. The van der Waals surface area contributed by atoms with E-state index in [-0.39, 0.29) is 5.41 Å². The highest BCUT2D eigenvalue weighted by molar-refractivity contribution is 7.99. The van der Waals surface area contributed by atoms with Crippen LogP contribution in [-0.4, -0.2) is 20.5 Å².